The predicted molar refractivity (Wildman–Crippen MR) is 315 cm³/mol. The third kappa shape index (κ3) is 11.9. The number of nitrogens with zero attached hydrogens (tertiary/aromatic N) is 9. The Morgan fingerprint density at radius 2 is 1.66 bits per heavy atom. The maximum Gasteiger partial charge on any atom is 0.319 e. The van der Waals surface area contributed by atoms with Gasteiger partial charge < -0.3 is 44.1 Å². The molecule has 6 aliphatic heterocycles. The maximum absolute atomic E-state index is 17.1. The van der Waals surface area contributed by atoms with Crippen LogP contribution in [0, 0.1) is 23.5 Å². The van der Waals surface area contributed by atoms with Gasteiger partial charge in [0.15, 0.2) is 5.82 Å². The molecule has 2 unspecified atom stereocenters. The molecule has 3 aromatic carbocycles. The van der Waals surface area contributed by atoms with E-state index in [2.05, 4.69) is 54.6 Å². The summed E-state index contributed by atoms with van der Waals surface area (Å²) in [5.41, 5.74) is 4.94. The lowest BCUT2D eigenvalue weighted by Crippen LogP contribution is -2.43. The zero-order valence-electron chi connectivity index (χ0n) is 48.4. The number of phenolic OH excluding ortho intramolecular Hbond substituents is 1. The number of rotatable bonds is 14. The normalized spacial score (nSPS) is 19.6. The lowest BCUT2D eigenvalue weighted by molar-refractivity contribution is -0.122. The van der Waals surface area contributed by atoms with E-state index in [0.717, 1.165) is 131 Å². The number of benzene rings is 3. The average Bonchev–Trinajstić information content (AvgIpc) is 4.25. The van der Waals surface area contributed by atoms with E-state index in [0.29, 0.717) is 90.8 Å². The van der Waals surface area contributed by atoms with Crippen LogP contribution >= 0.6 is 0 Å². The molecule has 3 aromatic heterocycles. The van der Waals surface area contributed by atoms with Gasteiger partial charge in [0.2, 0.25) is 12.3 Å². The number of likely N-dealkylation sites (tertiary alicyclic amines) is 1. The summed E-state index contributed by atoms with van der Waals surface area (Å²) >= 11 is 0. The highest BCUT2D eigenvalue weighted by Gasteiger charge is 2.45. The Labute approximate surface area is 479 Å². The average molecular weight is 1130 g/mol. The molecule has 82 heavy (non-hydrogen) atoms. The van der Waals surface area contributed by atoms with Gasteiger partial charge in [-0.3, -0.25) is 19.2 Å². The Hall–Kier alpha value is -6.83. The molecule has 0 saturated carbocycles. The van der Waals surface area contributed by atoms with Gasteiger partial charge >= 0.3 is 6.01 Å². The van der Waals surface area contributed by atoms with Crippen LogP contribution in [-0.2, 0) is 37.3 Å². The second-order valence-corrected chi connectivity index (χ2v) is 23.2. The number of ether oxygens (including phenoxy) is 3. The molecule has 6 aromatic rings. The van der Waals surface area contributed by atoms with Crippen molar-refractivity contribution in [3.63, 3.8) is 0 Å². The molecule has 2 atom stereocenters. The molecule has 5 saturated heterocycles. The Balaban J connectivity index is 0.000000182. The Morgan fingerprint density at radius 1 is 0.927 bits per heavy atom. The molecule has 17 nitrogen and oxygen atoms in total. The van der Waals surface area contributed by atoms with E-state index in [4.69, 9.17) is 24.4 Å². The van der Waals surface area contributed by atoms with Crippen molar-refractivity contribution >= 4 is 68.3 Å². The van der Waals surface area contributed by atoms with Gasteiger partial charge in [0.1, 0.15) is 41.5 Å². The van der Waals surface area contributed by atoms with Gasteiger partial charge in [-0.05, 0) is 167 Å². The molecule has 438 valence electrons. The smallest absolute Gasteiger partial charge is 0.319 e. The number of halogens is 2. The number of likely N-dealkylation sites (N-methyl/N-ethyl adjacent to an activating group) is 1. The minimum absolute atomic E-state index is 0.0138. The van der Waals surface area contributed by atoms with Gasteiger partial charge in [-0.15, -0.1) is 0 Å². The third-order valence-corrected chi connectivity index (χ3v) is 18.1. The SMILES string of the molecule is C=C1CC2COCCCN2c2nc(OCC34CCCN3CCC4)nc3c(F)c(-c4cc(O)cc5ccc(F)c(CC)c45)nc1c23.CNC(=O)C(CCC=O)c1nn(C)c2cc(N3CCC(CC4CCN(C=O)CC4)CC3)ccc12.COC. The molecule has 0 spiro atoms. The molecule has 2 N–H and O–H groups in total. The fourth-order valence-corrected chi connectivity index (χ4v) is 13.9. The highest BCUT2D eigenvalue weighted by atomic mass is 19.1. The standard InChI is InChI=1S/C35H37F2N5O3.C26H37N5O3.C2H6O/c1-3-24-26(36)8-7-21-16-23(43)17-25(27(21)24)31-29(37)32-28-30(38-31)20(2)15-22-18-44-14-6-13-42(22)33(28)40-34(39-32)45-19-35-9-4-11-41(35)12-5-10-35;1-27-26(34)23(4-3-15-32)25-22-6-5-21(17-24(22)29(2)28-25)31-13-9-20(10-14-31)16-19-7-11-30(18-33)12-8-19;1-3-2/h7-8,16-17,22,43H,2-6,9-15,18-19H2,1H3;5-6,15,17-20,23H,3-4,7-14,16H2,1-2H3,(H,27,34);1-2H3. The van der Waals surface area contributed by atoms with Gasteiger partial charge in [0, 0.05) is 90.7 Å². The maximum atomic E-state index is 17.1. The van der Waals surface area contributed by atoms with Crippen molar-refractivity contribution in [1.82, 2.24) is 39.8 Å². The van der Waals surface area contributed by atoms with Crippen molar-refractivity contribution in [3.8, 4) is 23.0 Å². The summed E-state index contributed by atoms with van der Waals surface area (Å²) in [6, 6.07) is 12.5. The summed E-state index contributed by atoms with van der Waals surface area (Å²) in [5.74, 6) is 0.438. The quantitative estimate of drug-likeness (QED) is 0.0985. The second kappa shape index (κ2) is 25.8. The van der Waals surface area contributed by atoms with Gasteiger partial charge in [0.05, 0.1) is 46.4 Å². The topological polar surface area (TPSA) is 181 Å². The van der Waals surface area contributed by atoms with Crippen molar-refractivity contribution in [2.45, 2.75) is 114 Å². The Kier molecular flexibility index (Phi) is 18.3. The zero-order valence-corrected chi connectivity index (χ0v) is 48.4. The molecule has 0 bridgehead atoms. The summed E-state index contributed by atoms with van der Waals surface area (Å²) in [4.78, 5) is 58.0. The van der Waals surface area contributed by atoms with Crippen LogP contribution in [0.15, 0.2) is 49.0 Å². The van der Waals surface area contributed by atoms with Crippen molar-refractivity contribution in [2.75, 3.05) is 96.7 Å². The minimum atomic E-state index is -0.667. The van der Waals surface area contributed by atoms with Crippen LogP contribution in [0.4, 0.5) is 20.3 Å². The number of piperidine rings is 2. The van der Waals surface area contributed by atoms with E-state index in [1.807, 2.05) is 23.6 Å². The summed E-state index contributed by atoms with van der Waals surface area (Å²) in [6.45, 7) is 14.5. The van der Waals surface area contributed by atoms with Crippen molar-refractivity contribution < 1.29 is 42.5 Å². The molecule has 0 aliphatic carbocycles. The van der Waals surface area contributed by atoms with Crippen LogP contribution in [-0.4, -0.2) is 157 Å². The number of aromatic nitrogens is 5. The second-order valence-electron chi connectivity index (χ2n) is 23.2. The van der Waals surface area contributed by atoms with Crippen LogP contribution in [0.5, 0.6) is 11.8 Å². The summed E-state index contributed by atoms with van der Waals surface area (Å²) in [6.07, 6.45) is 14.7. The number of amides is 2. The van der Waals surface area contributed by atoms with Crippen LogP contribution in [0.2, 0.25) is 0 Å². The van der Waals surface area contributed by atoms with Crippen molar-refractivity contribution in [3.05, 3.63) is 77.6 Å². The van der Waals surface area contributed by atoms with E-state index in [1.165, 1.54) is 37.1 Å². The van der Waals surface area contributed by atoms with Crippen LogP contribution in [0.3, 0.4) is 0 Å². The molecule has 0 radical (unpaired) electrons. The van der Waals surface area contributed by atoms with E-state index in [-0.39, 0.29) is 46.3 Å². The number of carbonyl (C=O) groups excluding carboxylic acids is 3. The largest absolute Gasteiger partial charge is 0.508 e. The lowest BCUT2D eigenvalue weighted by atomic mass is 9.83. The number of aromatic hydroxyl groups is 1. The first-order valence-corrected chi connectivity index (χ1v) is 29.5. The van der Waals surface area contributed by atoms with Crippen molar-refractivity contribution in [2.24, 2.45) is 18.9 Å². The molecule has 2 amide bonds. The van der Waals surface area contributed by atoms with Gasteiger partial charge in [-0.2, -0.15) is 15.1 Å². The summed E-state index contributed by atoms with van der Waals surface area (Å²) in [7, 11) is 6.79. The van der Waals surface area contributed by atoms with Crippen LogP contribution < -0.4 is 19.9 Å². The van der Waals surface area contributed by atoms with Gasteiger partial charge in [-0.25, -0.2) is 13.8 Å². The number of methoxy groups -OCH3 is 1. The number of hydrogen-bond donors (Lipinski definition) is 2. The lowest BCUT2D eigenvalue weighted by Gasteiger charge is -2.37. The number of carbonyl (C=O) groups is 3. The van der Waals surface area contributed by atoms with E-state index in [9.17, 15) is 19.5 Å². The van der Waals surface area contributed by atoms with Crippen LogP contribution in [0.25, 0.3) is 49.4 Å². The third-order valence-electron chi connectivity index (χ3n) is 18.1. The van der Waals surface area contributed by atoms with Gasteiger partial charge in [0.25, 0.3) is 0 Å². The van der Waals surface area contributed by atoms with E-state index < -0.39 is 11.7 Å². The summed E-state index contributed by atoms with van der Waals surface area (Å²) < 4.78 is 50.7. The Morgan fingerprint density at radius 3 is 2.35 bits per heavy atom. The first kappa shape index (κ1) is 58.4. The number of phenols is 1. The number of anilines is 2. The van der Waals surface area contributed by atoms with Crippen molar-refractivity contribution in [1.29, 1.82) is 0 Å². The first-order valence-electron chi connectivity index (χ1n) is 29.5. The summed E-state index contributed by atoms with van der Waals surface area (Å²) in [5, 5.41) is 20.7. The Bertz CT molecular complexity index is 3290. The number of nitrogens with one attached hydrogen (secondary N) is 1. The highest BCUT2D eigenvalue weighted by Crippen LogP contribution is 2.45. The molecular formula is C63H80F2N10O7. The first-order chi connectivity index (χ1) is 39.8. The van der Waals surface area contributed by atoms with E-state index >= 15 is 8.78 Å². The molecule has 6 aliphatic rings. The molecule has 5 fully saturated rings. The monoisotopic (exact) mass is 1130 g/mol. The number of pyridine rings is 1. The van der Waals surface area contributed by atoms with E-state index in [1.54, 1.807) is 33.4 Å². The highest BCUT2D eigenvalue weighted by molar-refractivity contribution is 6.05. The number of aryl methyl sites for hydroxylation is 2. The van der Waals surface area contributed by atoms with Gasteiger partial charge in [-0.1, -0.05) is 19.6 Å². The minimum Gasteiger partial charge on any atom is -0.508 e. The molecule has 9 heterocycles. The number of fused-ring (bicyclic) bond motifs is 5. The fourth-order valence-electron chi connectivity index (χ4n) is 13.9. The number of hydrogen-bond acceptors (Lipinski definition) is 14. The predicted octanol–water partition coefficient (Wildman–Crippen LogP) is 9.53. The zero-order chi connectivity index (χ0) is 57.7. The fraction of sp³-hybridized carbons (Fsp3) is 0.540. The molecule has 12 rings (SSSR count). The number of aldehydes is 1. The van der Waals surface area contributed by atoms with Crippen LogP contribution in [0.1, 0.15) is 113 Å². The molecular weight excluding hydrogens is 1050 g/mol. The molecule has 19 heteroatoms.